The topological polar surface area (TPSA) is 50.7 Å². The third-order valence-corrected chi connectivity index (χ3v) is 5.37. The fourth-order valence-electron chi connectivity index (χ4n) is 2.52. The van der Waals surface area contributed by atoms with Gasteiger partial charge in [0.1, 0.15) is 0 Å². The zero-order valence-electron chi connectivity index (χ0n) is 12.7. The van der Waals surface area contributed by atoms with Crippen LogP contribution < -0.4 is 5.32 Å². The second-order valence-corrected chi connectivity index (χ2v) is 7.25. The van der Waals surface area contributed by atoms with Crippen molar-refractivity contribution in [1.82, 2.24) is 15.0 Å². The molecule has 0 aliphatic heterocycles. The number of pyridine rings is 1. The van der Waals surface area contributed by atoms with E-state index in [2.05, 4.69) is 32.8 Å². The van der Waals surface area contributed by atoms with Gasteiger partial charge in [0, 0.05) is 17.0 Å². The predicted molar refractivity (Wildman–Crippen MR) is 97.7 cm³/mol. The summed E-state index contributed by atoms with van der Waals surface area (Å²) < 4.78 is 0. The average Bonchev–Trinajstić information content (AvgIpc) is 3.14. The summed E-state index contributed by atoms with van der Waals surface area (Å²) in [5, 5.41) is 8.51. The second kappa shape index (κ2) is 5.72. The molecule has 4 rings (SSSR count). The highest BCUT2D eigenvalue weighted by molar-refractivity contribution is 7.16. The number of thiazole rings is 2. The molecule has 0 spiro atoms. The van der Waals surface area contributed by atoms with Crippen molar-refractivity contribution in [2.45, 2.75) is 13.8 Å². The van der Waals surface area contributed by atoms with Crippen LogP contribution in [-0.2, 0) is 0 Å². The monoisotopic (exact) mass is 338 g/mol. The number of hydrogen-bond acceptors (Lipinski definition) is 6. The van der Waals surface area contributed by atoms with E-state index in [0.717, 1.165) is 43.0 Å². The summed E-state index contributed by atoms with van der Waals surface area (Å²) in [7, 11) is 0. The Kier molecular flexibility index (Phi) is 3.55. The normalized spacial score (nSPS) is 11.0. The van der Waals surface area contributed by atoms with Gasteiger partial charge in [-0.25, -0.2) is 9.97 Å². The maximum atomic E-state index is 4.71. The number of benzene rings is 1. The lowest BCUT2D eigenvalue weighted by molar-refractivity contribution is 1.20. The van der Waals surface area contributed by atoms with E-state index < -0.39 is 0 Å². The van der Waals surface area contributed by atoms with Gasteiger partial charge in [-0.05, 0) is 26.0 Å². The van der Waals surface area contributed by atoms with E-state index in [1.807, 2.05) is 38.2 Å². The van der Waals surface area contributed by atoms with Gasteiger partial charge >= 0.3 is 0 Å². The van der Waals surface area contributed by atoms with Crippen molar-refractivity contribution >= 4 is 44.4 Å². The zero-order chi connectivity index (χ0) is 15.8. The molecular formula is C17H14N4S2. The molecule has 4 aromatic rings. The van der Waals surface area contributed by atoms with Crippen LogP contribution >= 0.6 is 22.7 Å². The second-order valence-electron chi connectivity index (χ2n) is 5.19. The Morgan fingerprint density at radius 3 is 2.74 bits per heavy atom. The summed E-state index contributed by atoms with van der Waals surface area (Å²) in [6, 6.07) is 10.1. The van der Waals surface area contributed by atoms with Crippen molar-refractivity contribution < 1.29 is 0 Å². The molecule has 0 radical (unpaired) electrons. The first-order valence-electron chi connectivity index (χ1n) is 7.21. The summed E-state index contributed by atoms with van der Waals surface area (Å²) in [5.74, 6) is 0. The van der Waals surface area contributed by atoms with Gasteiger partial charge in [0.2, 0.25) is 0 Å². The van der Waals surface area contributed by atoms with Crippen molar-refractivity contribution in [1.29, 1.82) is 0 Å². The van der Waals surface area contributed by atoms with E-state index in [0.29, 0.717) is 0 Å². The largest absolute Gasteiger partial charge is 0.330 e. The van der Waals surface area contributed by atoms with Gasteiger partial charge in [0.05, 0.1) is 32.5 Å². The molecule has 0 bridgehead atoms. The van der Waals surface area contributed by atoms with Crippen LogP contribution in [0.2, 0.25) is 0 Å². The Bertz CT molecular complexity index is 982. The molecule has 3 aromatic heterocycles. The molecule has 0 saturated carbocycles. The molecule has 114 valence electrons. The van der Waals surface area contributed by atoms with Crippen molar-refractivity contribution in [3.8, 4) is 10.6 Å². The first kappa shape index (κ1) is 14.3. The molecule has 0 saturated heterocycles. The number of anilines is 2. The van der Waals surface area contributed by atoms with Crippen LogP contribution in [0.1, 0.15) is 10.7 Å². The Morgan fingerprint density at radius 1 is 1.04 bits per heavy atom. The first-order valence-corrected chi connectivity index (χ1v) is 8.91. The number of para-hydroxylation sites is 1. The summed E-state index contributed by atoms with van der Waals surface area (Å²) in [6.07, 6.45) is 1.81. The predicted octanol–water partition coefficient (Wildman–Crippen LogP) is 5.18. The van der Waals surface area contributed by atoms with Gasteiger partial charge in [-0.3, -0.25) is 4.98 Å². The quantitative estimate of drug-likeness (QED) is 0.559. The van der Waals surface area contributed by atoms with Crippen LogP contribution in [0.15, 0.2) is 41.9 Å². The smallest absolute Gasteiger partial charge is 0.187 e. The summed E-state index contributed by atoms with van der Waals surface area (Å²) in [4.78, 5) is 14.8. The van der Waals surface area contributed by atoms with E-state index in [4.69, 9.17) is 4.98 Å². The van der Waals surface area contributed by atoms with Crippen LogP contribution in [0.4, 0.5) is 10.8 Å². The molecule has 4 nitrogen and oxygen atoms in total. The summed E-state index contributed by atoms with van der Waals surface area (Å²) in [5.41, 5.74) is 3.95. The van der Waals surface area contributed by atoms with Gasteiger partial charge in [0.25, 0.3) is 0 Å². The lowest BCUT2D eigenvalue weighted by atomic mass is 10.2. The highest BCUT2D eigenvalue weighted by Gasteiger charge is 2.12. The third kappa shape index (κ3) is 2.71. The Morgan fingerprint density at radius 2 is 1.91 bits per heavy atom. The number of aromatic nitrogens is 3. The lowest BCUT2D eigenvalue weighted by Gasteiger charge is -2.05. The SMILES string of the molecule is Cc1nc(C)c(-c2csc(Nc3cccc4cccnc34)n2)s1. The zero-order valence-corrected chi connectivity index (χ0v) is 14.3. The molecule has 0 amide bonds. The van der Waals surface area contributed by atoms with Gasteiger partial charge in [-0.2, -0.15) is 0 Å². The first-order chi connectivity index (χ1) is 11.2. The molecule has 0 aliphatic carbocycles. The molecule has 1 aromatic carbocycles. The maximum Gasteiger partial charge on any atom is 0.187 e. The van der Waals surface area contributed by atoms with Gasteiger partial charge in [-0.1, -0.05) is 18.2 Å². The Labute approximate surface area is 141 Å². The summed E-state index contributed by atoms with van der Waals surface area (Å²) in [6.45, 7) is 4.05. The van der Waals surface area contributed by atoms with Crippen LogP contribution in [0.5, 0.6) is 0 Å². The van der Waals surface area contributed by atoms with Crippen molar-refractivity contribution in [2.75, 3.05) is 5.32 Å². The molecule has 23 heavy (non-hydrogen) atoms. The number of hydrogen-bond donors (Lipinski definition) is 1. The summed E-state index contributed by atoms with van der Waals surface area (Å²) >= 11 is 3.28. The molecule has 6 heteroatoms. The van der Waals surface area contributed by atoms with Crippen LogP contribution in [0.25, 0.3) is 21.5 Å². The van der Waals surface area contributed by atoms with Crippen molar-refractivity contribution in [3.05, 3.63) is 52.6 Å². The van der Waals surface area contributed by atoms with E-state index in [9.17, 15) is 0 Å². The van der Waals surface area contributed by atoms with Crippen LogP contribution in [0.3, 0.4) is 0 Å². The Balaban J connectivity index is 1.68. The molecule has 0 fully saturated rings. The molecule has 0 aliphatic rings. The number of fused-ring (bicyclic) bond motifs is 1. The Hall–Kier alpha value is -2.31. The molecular weight excluding hydrogens is 324 g/mol. The van der Waals surface area contributed by atoms with Crippen molar-refractivity contribution in [3.63, 3.8) is 0 Å². The average molecular weight is 338 g/mol. The van der Waals surface area contributed by atoms with E-state index in [1.54, 1.807) is 22.7 Å². The minimum Gasteiger partial charge on any atom is -0.330 e. The van der Waals surface area contributed by atoms with E-state index in [1.165, 1.54) is 0 Å². The standard InChI is InChI=1S/C17H14N4S2/c1-10-16(23-11(2)19-10)14-9-22-17(21-14)20-13-7-3-5-12-6-4-8-18-15(12)13/h3-9H,1-2H3,(H,20,21). The fraction of sp³-hybridized carbons (Fsp3) is 0.118. The third-order valence-electron chi connectivity index (χ3n) is 3.51. The number of rotatable bonds is 3. The highest BCUT2D eigenvalue weighted by Crippen LogP contribution is 2.33. The lowest BCUT2D eigenvalue weighted by Crippen LogP contribution is -1.92. The molecule has 0 unspecified atom stereocenters. The van der Waals surface area contributed by atoms with Crippen LogP contribution in [-0.4, -0.2) is 15.0 Å². The van der Waals surface area contributed by atoms with E-state index >= 15 is 0 Å². The minimum absolute atomic E-state index is 0.864. The van der Waals surface area contributed by atoms with Crippen molar-refractivity contribution in [2.24, 2.45) is 0 Å². The van der Waals surface area contributed by atoms with E-state index in [-0.39, 0.29) is 0 Å². The van der Waals surface area contributed by atoms with Crippen LogP contribution in [0, 0.1) is 13.8 Å². The minimum atomic E-state index is 0.864. The van der Waals surface area contributed by atoms with Gasteiger partial charge in [-0.15, -0.1) is 22.7 Å². The maximum absolute atomic E-state index is 4.71. The molecule has 0 atom stereocenters. The van der Waals surface area contributed by atoms with Gasteiger partial charge < -0.3 is 5.32 Å². The molecule has 3 heterocycles. The molecule has 1 N–H and O–H groups in total. The highest BCUT2D eigenvalue weighted by atomic mass is 32.1. The fourth-order valence-corrected chi connectivity index (χ4v) is 4.19. The number of nitrogens with zero attached hydrogens (tertiary/aromatic N) is 3. The van der Waals surface area contributed by atoms with Gasteiger partial charge in [0.15, 0.2) is 5.13 Å². The number of nitrogens with one attached hydrogen (secondary N) is 1. The number of aryl methyl sites for hydroxylation is 2.